The van der Waals surface area contributed by atoms with Crippen molar-refractivity contribution >= 4 is 23.1 Å². The first-order valence-electron chi connectivity index (χ1n) is 11.1. The van der Waals surface area contributed by atoms with Gasteiger partial charge in [-0.25, -0.2) is 0 Å². The van der Waals surface area contributed by atoms with Gasteiger partial charge in [-0.15, -0.1) is 0 Å². The van der Waals surface area contributed by atoms with Gasteiger partial charge >= 0.3 is 0 Å². The molecule has 1 amide bonds. The number of carbonyl (C=O) groups excluding carboxylic acids is 2. The molecule has 0 fully saturated rings. The molecule has 164 valence electrons. The van der Waals surface area contributed by atoms with E-state index in [1.54, 1.807) is 24.7 Å². The highest BCUT2D eigenvalue weighted by Gasteiger charge is 2.25. The normalized spacial score (nSPS) is 13.9. The van der Waals surface area contributed by atoms with Gasteiger partial charge in [-0.1, -0.05) is 6.07 Å². The van der Waals surface area contributed by atoms with Gasteiger partial charge in [0.25, 0.3) is 0 Å². The van der Waals surface area contributed by atoms with Gasteiger partial charge in [-0.05, 0) is 72.7 Å². The molecule has 7 heteroatoms. The number of nitrogens with zero attached hydrogens (tertiary/aromatic N) is 4. The van der Waals surface area contributed by atoms with Crippen LogP contribution in [0.5, 0.6) is 0 Å². The highest BCUT2D eigenvalue weighted by atomic mass is 16.1. The van der Waals surface area contributed by atoms with E-state index in [4.69, 9.17) is 10.7 Å². The summed E-state index contributed by atoms with van der Waals surface area (Å²) in [6.45, 7) is 0. The Balaban J connectivity index is 1.67. The number of fused-ring (bicyclic) bond motifs is 2. The number of aldehydes is 1. The van der Waals surface area contributed by atoms with E-state index in [2.05, 4.69) is 21.2 Å². The zero-order valence-corrected chi connectivity index (χ0v) is 18.1. The highest BCUT2D eigenvalue weighted by Crippen LogP contribution is 2.37. The second-order valence-electron chi connectivity index (χ2n) is 8.32. The standard InChI is InChI=1S/C26H23N5O2/c27-26(33)20-6-8-24-21(13-16-3-1-2-4-23(16)31-24)25(20)19(10-12-32)17-5-7-22(28-14-17)18-9-11-29-30-15-18/h5-9,11-15,19H,1-4,10H2,(H2,27,33)/t19-/m0/s1. The van der Waals surface area contributed by atoms with E-state index in [1.807, 2.05) is 24.3 Å². The number of rotatable bonds is 6. The number of carbonyl (C=O) groups is 2. The summed E-state index contributed by atoms with van der Waals surface area (Å²) in [7, 11) is 0. The average Bonchev–Trinajstić information content (AvgIpc) is 2.86. The van der Waals surface area contributed by atoms with Crippen LogP contribution >= 0.6 is 0 Å². The van der Waals surface area contributed by atoms with Gasteiger partial charge < -0.3 is 10.5 Å². The summed E-state index contributed by atoms with van der Waals surface area (Å²) in [4.78, 5) is 33.6. The van der Waals surface area contributed by atoms with E-state index in [1.165, 1.54) is 5.56 Å². The van der Waals surface area contributed by atoms with E-state index in [9.17, 15) is 9.59 Å². The maximum absolute atomic E-state index is 12.4. The summed E-state index contributed by atoms with van der Waals surface area (Å²) in [5.41, 5.74) is 12.5. The van der Waals surface area contributed by atoms with E-state index in [-0.39, 0.29) is 12.3 Å². The van der Waals surface area contributed by atoms with Crippen molar-refractivity contribution in [2.24, 2.45) is 5.73 Å². The summed E-state index contributed by atoms with van der Waals surface area (Å²) >= 11 is 0. The molecule has 3 aromatic heterocycles. The van der Waals surface area contributed by atoms with Crippen molar-refractivity contribution in [3.63, 3.8) is 0 Å². The Morgan fingerprint density at radius 1 is 1.06 bits per heavy atom. The molecule has 0 saturated carbocycles. The number of benzene rings is 1. The van der Waals surface area contributed by atoms with Crippen molar-refractivity contribution in [2.75, 3.05) is 0 Å². The molecular weight excluding hydrogens is 414 g/mol. The van der Waals surface area contributed by atoms with E-state index in [0.717, 1.165) is 71.0 Å². The molecule has 0 bridgehead atoms. The quantitative estimate of drug-likeness (QED) is 0.460. The van der Waals surface area contributed by atoms with Crippen LogP contribution in [0.1, 0.15) is 57.9 Å². The van der Waals surface area contributed by atoms with Crippen molar-refractivity contribution in [1.82, 2.24) is 20.2 Å². The molecule has 0 saturated heterocycles. The van der Waals surface area contributed by atoms with Crippen molar-refractivity contribution in [3.8, 4) is 11.3 Å². The van der Waals surface area contributed by atoms with E-state index >= 15 is 0 Å². The molecule has 1 aliphatic carbocycles. The topological polar surface area (TPSA) is 112 Å². The third-order valence-corrected chi connectivity index (χ3v) is 6.33. The summed E-state index contributed by atoms with van der Waals surface area (Å²) in [5.74, 6) is -0.887. The minimum absolute atomic E-state index is 0.203. The summed E-state index contributed by atoms with van der Waals surface area (Å²) in [5, 5.41) is 8.58. The van der Waals surface area contributed by atoms with Gasteiger partial charge in [0.05, 0.1) is 23.6 Å². The van der Waals surface area contributed by atoms with Crippen LogP contribution in [0.3, 0.4) is 0 Å². The number of primary amides is 1. The Bertz CT molecular complexity index is 1340. The first-order chi connectivity index (χ1) is 16.2. The molecule has 5 rings (SSSR count). The number of aromatic nitrogens is 4. The highest BCUT2D eigenvalue weighted by molar-refractivity contribution is 6.01. The zero-order valence-electron chi connectivity index (χ0n) is 18.1. The van der Waals surface area contributed by atoms with Crippen LogP contribution in [0.2, 0.25) is 0 Å². The summed E-state index contributed by atoms with van der Waals surface area (Å²) in [6.07, 6.45) is 10.3. The number of pyridine rings is 2. The lowest BCUT2D eigenvalue weighted by atomic mass is 9.83. The number of hydrogen-bond acceptors (Lipinski definition) is 6. The lowest BCUT2D eigenvalue weighted by molar-refractivity contribution is -0.108. The van der Waals surface area contributed by atoms with Crippen molar-refractivity contribution in [2.45, 2.75) is 38.0 Å². The molecule has 0 spiro atoms. The first-order valence-corrected chi connectivity index (χ1v) is 11.1. The first kappa shape index (κ1) is 20.9. The average molecular weight is 438 g/mol. The molecular formula is C26H23N5O2. The maximum atomic E-state index is 12.4. The van der Waals surface area contributed by atoms with Gasteiger partial charge in [-0.3, -0.25) is 14.8 Å². The Morgan fingerprint density at radius 3 is 2.67 bits per heavy atom. The molecule has 1 aliphatic rings. The van der Waals surface area contributed by atoms with E-state index < -0.39 is 5.91 Å². The monoisotopic (exact) mass is 437 g/mol. The molecule has 0 unspecified atom stereocenters. The smallest absolute Gasteiger partial charge is 0.249 e. The Labute approximate surface area is 191 Å². The second kappa shape index (κ2) is 8.86. The van der Waals surface area contributed by atoms with Crippen LogP contribution in [0, 0.1) is 0 Å². The van der Waals surface area contributed by atoms with Crippen LogP contribution in [0.4, 0.5) is 0 Å². The molecule has 1 atom stereocenters. The van der Waals surface area contributed by atoms with Gasteiger partial charge in [0.1, 0.15) is 6.29 Å². The van der Waals surface area contributed by atoms with Gasteiger partial charge in [0.2, 0.25) is 5.91 Å². The fourth-order valence-corrected chi connectivity index (χ4v) is 4.72. The SMILES string of the molecule is NC(=O)c1ccc2nc3c(cc2c1[C@@H](CC=O)c1ccc(-c2ccnnc2)nc1)CCCC3. The fraction of sp³-hybridized carbons (Fsp3) is 0.231. The third-order valence-electron chi connectivity index (χ3n) is 6.33. The van der Waals surface area contributed by atoms with Gasteiger partial charge in [0, 0.05) is 40.7 Å². The van der Waals surface area contributed by atoms with Gasteiger partial charge in [-0.2, -0.15) is 10.2 Å². The number of hydrogen-bond donors (Lipinski definition) is 1. The Kier molecular flexibility index (Phi) is 5.60. The predicted octanol–water partition coefficient (Wildman–Crippen LogP) is 3.79. The lowest BCUT2D eigenvalue weighted by Gasteiger charge is -2.22. The minimum atomic E-state index is -0.520. The van der Waals surface area contributed by atoms with Crippen LogP contribution in [0.15, 0.2) is 55.0 Å². The number of aryl methyl sites for hydroxylation is 2. The molecule has 0 radical (unpaired) electrons. The van der Waals surface area contributed by atoms with Crippen LogP contribution < -0.4 is 5.73 Å². The third kappa shape index (κ3) is 3.98. The predicted molar refractivity (Wildman–Crippen MR) is 125 cm³/mol. The van der Waals surface area contributed by atoms with Crippen molar-refractivity contribution < 1.29 is 9.59 Å². The molecule has 3 heterocycles. The van der Waals surface area contributed by atoms with Crippen LogP contribution in [-0.4, -0.2) is 32.4 Å². The second-order valence-corrected chi connectivity index (χ2v) is 8.32. The molecule has 4 aromatic rings. The molecule has 2 N–H and O–H groups in total. The van der Waals surface area contributed by atoms with E-state index in [0.29, 0.717) is 5.56 Å². The minimum Gasteiger partial charge on any atom is -0.366 e. The van der Waals surface area contributed by atoms with Crippen LogP contribution in [-0.2, 0) is 17.6 Å². The Hall–Kier alpha value is -4.00. The molecule has 7 nitrogen and oxygen atoms in total. The number of amides is 1. The maximum Gasteiger partial charge on any atom is 0.249 e. The summed E-state index contributed by atoms with van der Waals surface area (Å²) < 4.78 is 0. The summed E-state index contributed by atoms with van der Waals surface area (Å²) in [6, 6.07) is 11.4. The van der Waals surface area contributed by atoms with Crippen molar-refractivity contribution in [3.05, 3.63) is 82.9 Å². The molecule has 1 aromatic carbocycles. The molecule has 33 heavy (non-hydrogen) atoms. The Morgan fingerprint density at radius 2 is 1.94 bits per heavy atom. The fourth-order valence-electron chi connectivity index (χ4n) is 4.72. The largest absolute Gasteiger partial charge is 0.366 e. The van der Waals surface area contributed by atoms with Gasteiger partial charge in [0.15, 0.2) is 0 Å². The molecule has 0 aliphatic heterocycles. The van der Waals surface area contributed by atoms with Crippen LogP contribution in [0.25, 0.3) is 22.2 Å². The zero-order chi connectivity index (χ0) is 22.8. The van der Waals surface area contributed by atoms with Crippen molar-refractivity contribution in [1.29, 1.82) is 0 Å². The number of nitrogens with two attached hydrogens (primary N) is 1. The lowest BCUT2D eigenvalue weighted by Crippen LogP contribution is -2.18.